The number of hydrogen-bond donors (Lipinski definition) is 3. The molecule has 2 aliphatic carbocycles. The molecule has 4 atom stereocenters. The second-order valence-electron chi connectivity index (χ2n) is 12.6. The fourth-order valence-electron chi connectivity index (χ4n) is 7.90. The average molecular weight is 530 g/mol. The first-order valence-electron chi connectivity index (χ1n) is 15.5. The van der Waals surface area contributed by atoms with Gasteiger partial charge >= 0.3 is 0 Å². The molecule has 0 amide bonds. The smallest absolute Gasteiger partial charge is 0.248 e. The highest BCUT2D eigenvalue weighted by atomic mass is 19.3. The molecule has 0 bridgehead atoms. The number of rotatable bonds is 11. The molecule has 0 aromatic carbocycles. The summed E-state index contributed by atoms with van der Waals surface area (Å²) >= 11 is 0. The minimum Gasteiger partial charge on any atom is -0.300 e. The topological polar surface area (TPSA) is 42.6 Å². The Labute approximate surface area is 224 Å². The molecule has 4 fully saturated rings. The van der Waals surface area contributed by atoms with Gasteiger partial charge in [-0.15, -0.1) is 0 Å². The Balaban J connectivity index is 1.24. The van der Waals surface area contributed by atoms with Crippen LogP contribution in [0.5, 0.6) is 0 Å². The highest BCUT2D eigenvalue weighted by molar-refractivity contribution is 4.97. The van der Waals surface area contributed by atoms with Gasteiger partial charge in [-0.3, -0.25) is 20.9 Å². The highest BCUT2D eigenvalue weighted by Crippen LogP contribution is 2.42. The molecule has 0 aromatic heterocycles. The molecule has 8 heteroatoms. The zero-order valence-electron chi connectivity index (χ0n) is 23.7. The minimum absolute atomic E-state index is 0.302. The maximum Gasteiger partial charge on any atom is 0.248 e. The van der Waals surface area contributed by atoms with Gasteiger partial charge in [0.1, 0.15) is 0 Å². The van der Waals surface area contributed by atoms with Gasteiger partial charge in [0.05, 0.1) is 12.3 Å². The van der Waals surface area contributed by atoms with Crippen molar-refractivity contribution in [1.29, 1.82) is 0 Å². The number of nitrogens with one attached hydrogen (secondary N) is 3. The summed E-state index contributed by atoms with van der Waals surface area (Å²) in [5.74, 6) is -2.04. The fourth-order valence-corrected chi connectivity index (χ4v) is 7.90. The Morgan fingerprint density at radius 3 is 2.22 bits per heavy atom. The summed E-state index contributed by atoms with van der Waals surface area (Å²) in [6.45, 7) is 10.4. The summed E-state index contributed by atoms with van der Waals surface area (Å²) < 4.78 is 43.5. The summed E-state index contributed by atoms with van der Waals surface area (Å²) in [6.07, 6.45) is 10.7. The molecule has 0 spiro atoms. The summed E-state index contributed by atoms with van der Waals surface area (Å²) in [5, 5.41) is 10.3. The standard InChI is InChI=1S/C29H54F3N5/c1-4-16-36(17-5-2)24-14-8-21(9-15-24)19-33-27-26(30)28(35-20-34-27)37-18-6-7-25(37)22-10-12-23(13-11-22)29(3,31)32/h21-28,33-35H,4-20H2,1-3H3. The quantitative estimate of drug-likeness (QED) is 0.338. The lowest BCUT2D eigenvalue weighted by molar-refractivity contribution is -0.0653. The first-order chi connectivity index (χ1) is 17.8. The third kappa shape index (κ3) is 7.62. The molecule has 0 radical (unpaired) electrons. The van der Waals surface area contributed by atoms with Crippen LogP contribution in [-0.2, 0) is 0 Å². The Bertz CT molecular complexity index is 654. The summed E-state index contributed by atoms with van der Waals surface area (Å²) in [5.41, 5.74) is 0. The molecule has 5 nitrogen and oxygen atoms in total. The maximum absolute atomic E-state index is 15.9. The van der Waals surface area contributed by atoms with E-state index in [1.54, 1.807) is 0 Å². The Hall–Kier alpha value is -0.410. The van der Waals surface area contributed by atoms with Gasteiger partial charge < -0.3 is 4.90 Å². The third-order valence-corrected chi connectivity index (χ3v) is 9.97. The molecule has 4 aliphatic rings. The van der Waals surface area contributed by atoms with Crippen LogP contribution in [0.15, 0.2) is 0 Å². The second-order valence-corrected chi connectivity index (χ2v) is 12.6. The van der Waals surface area contributed by atoms with Crippen LogP contribution in [0.2, 0.25) is 0 Å². The van der Waals surface area contributed by atoms with E-state index >= 15 is 4.39 Å². The zero-order valence-corrected chi connectivity index (χ0v) is 23.7. The minimum atomic E-state index is -2.58. The number of hydrogen-bond acceptors (Lipinski definition) is 5. The van der Waals surface area contributed by atoms with Crippen LogP contribution in [0.3, 0.4) is 0 Å². The number of halogens is 3. The Kier molecular flexibility index (Phi) is 11.0. The Morgan fingerprint density at radius 2 is 1.59 bits per heavy atom. The first kappa shape index (κ1) is 29.6. The molecule has 4 rings (SSSR count). The normalized spacial score (nSPS) is 38.4. The van der Waals surface area contributed by atoms with Crippen LogP contribution < -0.4 is 16.0 Å². The lowest BCUT2D eigenvalue weighted by Gasteiger charge is -2.45. The lowest BCUT2D eigenvalue weighted by atomic mass is 9.75. The van der Waals surface area contributed by atoms with Crippen molar-refractivity contribution >= 4 is 0 Å². The van der Waals surface area contributed by atoms with Gasteiger partial charge in [-0.1, -0.05) is 13.8 Å². The lowest BCUT2D eigenvalue weighted by Crippen LogP contribution is -2.69. The van der Waals surface area contributed by atoms with E-state index in [4.69, 9.17) is 0 Å². The van der Waals surface area contributed by atoms with Gasteiger partial charge in [-0.2, -0.15) is 0 Å². The summed E-state index contributed by atoms with van der Waals surface area (Å²) in [7, 11) is 0. The van der Waals surface area contributed by atoms with Crippen LogP contribution in [0, 0.1) is 17.8 Å². The number of likely N-dealkylation sites (tertiary alicyclic amines) is 1. The van der Waals surface area contributed by atoms with Gasteiger partial charge in [-0.05, 0) is 115 Å². The molecule has 3 N–H and O–H groups in total. The van der Waals surface area contributed by atoms with Crippen molar-refractivity contribution in [3.8, 4) is 0 Å². The fraction of sp³-hybridized carbons (Fsp3) is 1.00. The van der Waals surface area contributed by atoms with Gasteiger partial charge in [0.2, 0.25) is 5.92 Å². The summed E-state index contributed by atoms with van der Waals surface area (Å²) in [6, 6.07) is 1.03. The van der Waals surface area contributed by atoms with Gasteiger partial charge in [0.25, 0.3) is 0 Å². The van der Waals surface area contributed by atoms with E-state index in [0.717, 1.165) is 51.7 Å². The number of nitrogens with zero attached hydrogens (tertiary/aromatic N) is 2. The van der Waals surface area contributed by atoms with Crippen molar-refractivity contribution < 1.29 is 13.2 Å². The van der Waals surface area contributed by atoms with Gasteiger partial charge in [0.15, 0.2) is 6.17 Å². The average Bonchev–Trinajstić information content (AvgIpc) is 3.38. The zero-order chi connectivity index (χ0) is 26.4. The molecular formula is C29H54F3N5. The Morgan fingerprint density at radius 1 is 0.919 bits per heavy atom. The SMILES string of the molecule is CCCN(CCC)C1CCC(CNC2NCNC(N3CCCC3C3CCC(C(C)(F)F)CC3)C2F)CC1. The molecular weight excluding hydrogens is 475 g/mol. The van der Waals surface area contributed by atoms with E-state index in [2.05, 4.69) is 39.6 Å². The largest absolute Gasteiger partial charge is 0.300 e. The van der Waals surface area contributed by atoms with Crippen LogP contribution in [0.1, 0.15) is 97.8 Å². The van der Waals surface area contributed by atoms with Crippen molar-refractivity contribution in [2.75, 3.05) is 32.8 Å². The van der Waals surface area contributed by atoms with Crippen LogP contribution in [-0.4, -0.2) is 79.2 Å². The van der Waals surface area contributed by atoms with E-state index in [0.29, 0.717) is 37.4 Å². The van der Waals surface area contributed by atoms with E-state index in [-0.39, 0.29) is 12.3 Å². The molecule has 2 saturated heterocycles. The molecule has 37 heavy (non-hydrogen) atoms. The molecule has 2 aliphatic heterocycles. The summed E-state index contributed by atoms with van der Waals surface area (Å²) in [4.78, 5) is 5.03. The third-order valence-electron chi connectivity index (χ3n) is 9.97. The molecule has 4 unspecified atom stereocenters. The maximum atomic E-state index is 15.9. The second kappa shape index (κ2) is 13.8. The van der Waals surface area contributed by atoms with Crippen molar-refractivity contribution in [1.82, 2.24) is 25.8 Å². The van der Waals surface area contributed by atoms with Crippen LogP contribution >= 0.6 is 0 Å². The predicted octanol–water partition coefficient (Wildman–Crippen LogP) is 5.32. The molecule has 0 aromatic rings. The predicted molar refractivity (Wildman–Crippen MR) is 145 cm³/mol. The molecule has 216 valence electrons. The van der Waals surface area contributed by atoms with Crippen molar-refractivity contribution in [3.63, 3.8) is 0 Å². The van der Waals surface area contributed by atoms with Crippen molar-refractivity contribution in [3.05, 3.63) is 0 Å². The van der Waals surface area contributed by atoms with E-state index in [9.17, 15) is 8.78 Å². The first-order valence-corrected chi connectivity index (χ1v) is 15.5. The number of alkyl halides is 3. The van der Waals surface area contributed by atoms with Gasteiger partial charge in [-0.25, -0.2) is 13.2 Å². The van der Waals surface area contributed by atoms with Crippen molar-refractivity contribution in [2.45, 2.75) is 134 Å². The van der Waals surface area contributed by atoms with Gasteiger partial charge in [0, 0.05) is 31.2 Å². The molecule has 2 saturated carbocycles. The van der Waals surface area contributed by atoms with Crippen molar-refractivity contribution in [2.24, 2.45) is 17.8 Å². The van der Waals surface area contributed by atoms with Crippen LogP contribution in [0.25, 0.3) is 0 Å². The van der Waals surface area contributed by atoms with E-state index < -0.39 is 18.0 Å². The van der Waals surface area contributed by atoms with E-state index in [1.807, 2.05) is 0 Å². The van der Waals surface area contributed by atoms with E-state index in [1.165, 1.54) is 51.6 Å². The van der Waals surface area contributed by atoms with Crippen LogP contribution in [0.4, 0.5) is 13.2 Å². The molecule has 2 heterocycles. The highest BCUT2D eigenvalue weighted by Gasteiger charge is 2.45. The monoisotopic (exact) mass is 529 g/mol.